The second-order valence-electron chi connectivity index (χ2n) is 8.90. The Bertz CT molecular complexity index is 1050. The summed E-state index contributed by atoms with van der Waals surface area (Å²) in [5, 5.41) is 33.9. The first kappa shape index (κ1) is 22.8. The van der Waals surface area contributed by atoms with Crippen molar-refractivity contribution in [1.82, 2.24) is 5.32 Å². The van der Waals surface area contributed by atoms with Gasteiger partial charge in [0.2, 0.25) is 0 Å². The summed E-state index contributed by atoms with van der Waals surface area (Å²) in [5.41, 5.74) is 3.32. The summed E-state index contributed by atoms with van der Waals surface area (Å²) in [7, 11) is 0. The van der Waals surface area contributed by atoms with Gasteiger partial charge in [-0.25, -0.2) is 4.39 Å². The fraction of sp³-hybridized carbons (Fsp3) is 0.385. The normalized spacial score (nSPS) is 22.4. The summed E-state index contributed by atoms with van der Waals surface area (Å²) in [5.74, 6) is -0.316. The molecule has 4 rings (SSSR count). The molecule has 0 amide bonds. The molecule has 4 N–H and O–H groups in total. The molecule has 7 heteroatoms. The van der Waals surface area contributed by atoms with Gasteiger partial charge in [0, 0.05) is 41.3 Å². The van der Waals surface area contributed by atoms with Gasteiger partial charge in [-0.2, -0.15) is 5.26 Å². The van der Waals surface area contributed by atoms with E-state index in [1.807, 2.05) is 0 Å². The molecule has 2 aliphatic rings. The second-order valence-corrected chi connectivity index (χ2v) is 8.90. The number of hydrogen-bond acceptors (Lipinski definition) is 5. The molecule has 0 aromatic heterocycles. The number of aliphatic hydroxyl groups excluding tert-OH is 1. The summed E-state index contributed by atoms with van der Waals surface area (Å²) < 4.78 is 13.1. The molecule has 0 saturated heterocycles. The van der Waals surface area contributed by atoms with E-state index in [1.165, 1.54) is 23.4 Å². The Kier molecular flexibility index (Phi) is 6.95. The molecule has 172 valence electrons. The van der Waals surface area contributed by atoms with Crippen LogP contribution in [0.15, 0.2) is 60.3 Å². The van der Waals surface area contributed by atoms with Crippen molar-refractivity contribution in [3.63, 3.8) is 0 Å². The van der Waals surface area contributed by atoms with Crippen molar-refractivity contribution in [1.29, 1.82) is 10.7 Å². The zero-order chi connectivity index (χ0) is 23.3. The van der Waals surface area contributed by atoms with E-state index in [0.29, 0.717) is 23.7 Å². The maximum absolute atomic E-state index is 13.1. The molecule has 33 heavy (non-hydrogen) atoms. The van der Waals surface area contributed by atoms with Crippen LogP contribution < -0.4 is 15.5 Å². The number of nitriles is 1. The predicted molar refractivity (Wildman–Crippen MR) is 129 cm³/mol. The third kappa shape index (κ3) is 5.18. The molecular weight excluding hydrogens is 417 g/mol. The first-order valence-corrected chi connectivity index (χ1v) is 11.4. The van der Waals surface area contributed by atoms with E-state index in [0.717, 1.165) is 38.6 Å². The van der Waals surface area contributed by atoms with E-state index >= 15 is 0 Å². The molecule has 0 bridgehead atoms. The fourth-order valence-electron chi connectivity index (χ4n) is 4.93. The highest BCUT2D eigenvalue weighted by molar-refractivity contribution is 6.05. The Labute approximate surface area is 194 Å². The summed E-state index contributed by atoms with van der Waals surface area (Å²) in [4.78, 5) is 2.52. The third-order valence-electron chi connectivity index (χ3n) is 6.85. The SMILES string of the molecule is N#CCC1(N/C=C(/CO)C(=N)Nc2ccc(F)cc2)CCC(N2CCc3ccccc32)CC1. The lowest BCUT2D eigenvalue weighted by atomic mass is 9.77. The summed E-state index contributed by atoms with van der Waals surface area (Å²) >= 11 is 0. The van der Waals surface area contributed by atoms with Gasteiger partial charge in [-0.3, -0.25) is 5.41 Å². The zero-order valence-electron chi connectivity index (χ0n) is 18.6. The number of aliphatic hydroxyl groups is 1. The van der Waals surface area contributed by atoms with Crippen LogP contribution in [0.5, 0.6) is 0 Å². The van der Waals surface area contributed by atoms with Crippen LogP contribution in [0, 0.1) is 22.6 Å². The number of fused-ring (bicyclic) bond motifs is 1. The van der Waals surface area contributed by atoms with Crippen LogP contribution in [0.3, 0.4) is 0 Å². The average Bonchev–Trinajstić information content (AvgIpc) is 3.26. The maximum atomic E-state index is 13.1. The lowest BCUT2D eigenvalue weighted by Crippen LogP contribution is -2.49. The minimum Gasteiger partial charge on any atom is -0.391 e. The van der Waals surface area contributed by atoms with E-state index in [2.05, 4.69) is 45.9 Å². The molecule has 1 aliphatic carbocycles. The van der Waals surface area contributed by atoms with Crippen molar-refractivity contribution in [2.45, 2.75) is 50.1 Å². The lowest BCUT2D eigenvalue weighted by Gasteiger charge is -2.43. The number of nitrogens with one attached hydrogen (secondary N) is 3. The molecule has 2 aromatic rings. The molecule has 1 saturated carbocycles. The van der Waals surface area contributed by atoms with Crippen molar-refractivity contribution >= 4 is 17.2 Å². The van der Waals surface area contributed by atoms with Crippen molar-refractivity contribution < 1.29 is 9.50 Å². The van der Waals surface area contributed by atoms with Gasteiger partial charge in [-0.15, -0.1) is 0 Å². The van der Waals surface area contributed by atoms with E-state index in [-0.39, 0.29) is 23.8 Å². The van der Waals surface area contributed by atoms with E-state index in [4.69, 9.17) is 5.41 Å². The Balaban J connectivity index is 1.40. The molecule has 1 heterocycles. The number of amidine groups is 1. The van der Waals surface area contributed by atoms with Gasteiger partial charge < -0.3 is 20.6 Å². The van der Waals surface area contributed by atoms with Crippen LogP contribution in [0.1, 0.15) is 37.7 Å². The zero-order valence-corrected chi connectivity index (χ0v) is 18.6. The topological polar surface area (TPSA) is 95.2 Å². The monoisotopic (exact) mass is 447 g/mol. The molecular formula is C26H30FN5O. The Morgan fingerprint density at radius 1 is 1.21 bits per heavy atom. The highest BCUT2D eigenvalue weighted by atomic mass is 19.1. The average molecular weight is 448 g/mol. The van der Waals surface area contributed by atoms with Crippen molar-refractivity contribution in [3.8, 4) is 6.07 Å². The lowest BCUT2D eigenvalue weighted by molar-refractivity contribution is 0.236. The van der Waals surface area contributed by atoms with Gasteiger partial charge in [0.25, 0.3) is 0 Å². The van der Waals surface area contributed by atoms with Gasteiger partial charge >= 0.3 is 0 Å². The van der Waals surface area contributed by atoms with Crippen LogP contribution in [0.4, 0.5) is 15.8 Å². The Morgan fingerprint density at radius 3 is 2.64 bits per heavy atom. The quantitative estimate of drug-likeness (QED) is 0.374. The molecule has 2 aromatic carbocycles. The van der Waals surface area contributed by atoms with Crippen molar-refractivity contribution in [2.24, 2.45) is 0 Å². The van der Waals surface area contributed by atoms with Crippen LogP contribution in [0.25, 0.3) is 0 Å². The largest absolute Gasteiger partial charge is 0.391 e. The minimum atomic E-state index is -0.374. The highest BCUT2D eigenvalue weighted by Crippen LogP contribution is 2.38. The van der Waals surface area contributed by atoms with Gasteiger partial charge in [0.1, 0.15) is 11.7 Å². The predicted octanol–water partition coefficient (Wildman–Crippen LogP) is 4.34. The van der Waals surface area contributed by atoms with Crippen LogP contribution in [0.2, 0.25) is 0 Å². The second kappa shape index (κ2) is 10.1. The van der Waals surface area contributed by atoms with Crippen LogP contribution in [-0.4, -0.2) is 35.7 Å². The standard InChI is InChI=1S/C26H30FN5O/c27-21-5-7-22(8-6-21)31-25(29)20(18-33)17-30-26(14-15-28)12-9-23(10-13-26)32-16-11-19-3-1-2-4-24(19)32/h1-8,17,23,30,33H,9-14,16,18H2,(H2,29,31)/b20-17-. The van der Waals surface area contributed by atoms with Gasteiger partial charge in [0.15, 0.2) is 0 Å². The van der Waals surface area contributed by atoms with Gasteiger partial charge in [-0.1, -0.05) is 18.2 Å². The van der Waals surface area contributed by atoms with E-state index in [9.17, 15) is 14.8 Å². The van der Waals surface area contributed by atoms with Crippen LogP contribution in [-0.2, 0) is 6.42 Å². The molecule has 0 radical (unpaired) electrons. The highest BCUT2D eigenvalue weighted by Gasteiger charge is 2.37. The number of anilines is 2. The number of hydrogen-bond donors (Lipinski definition) is 4. The summed E-state index contributed by atoms with van der Waals surface area (Å²) in [6, 6.07) is 17.1. The maximum Gasteiger partial charge on any atom is 0.129 e. The van der Waals surface area contributed by atoms with Gasteiger partial charge in [0.05, 0.1) is 19.1 Å². The molecule has 1 aliphatic heterocycles. The van der Waals surface area contributed by atoms with E-state index < -0.39 is 0 Å². The third-order valence-corrected chi connectivity index (χ3v) is 6.85. The Hall–Kier alpha value is -3.37. The Morgan fingerprint density at radius 2 is 1.94 bits per heavy atom. The fourth-order valence-corrected chi connectivity index (χ4v) is 4.93. The summed E-state index contributed by atoms with van der Waals surface area (Å²) in [6.07, 6.45) is 6.76. The molecule has 0 spiro atoms. The summed E-state index contributed by atoms with van der Waals surface area (Å²) in [6.45, 7) is 0.722. The minimum absolute atomic E-state index is 0.0334. The smallest absolute Gasteiger partial charge is 0.129 e. The molecule has 0 unspecified atom stereocenters. The number of para-hydroxylation sites is 1. The number of benzene rings is 2. The molecule has 6 nitrogen and oxygen atoms in total. The molecule has 0 atom stereocenters. The first-order chi connectivity index (χ1) is 16.0. The van der Waals surface area contributed by atoms with Crippen molar-refractivity contribution in [3.05, 3.63) is 71.7 Å². The molecule has 1 fully saturated rings. The van der Waals surface area contributed by atoms with E-state index in [1.54, 1.807) is 18.3 Å². The van der Waals surface area contributed by atoms with Crippen LogP contribution >= 0.6 is 0 Å². The number of nitrogens with zero attached hydrogens (tertiary/aromatic N) is 2. The van der Waals surface area contributed by atoms with Crippen molar-refractivity contribution in [2.75, 3.05) is 23.4 Å². The first-order valence-electron chi connectivity index (χ1n) is 11.4. The number of halogens is 1. The van der Waals surface area contributed by atoms with Gasteiger partial charge in [-0.05, 0) is 68.0 Å². The number of rotatable bonds is 7.